The minimum absolute atomic E-state index is 0.584. The first-order valence-corrected chi connectivity index (χ1v) is 6.95. The molecule has 0 spiro atoms. The van der Waals surface area contributed by atoms with Crippen LogP contribution in [0.3, 0.4) is 0 Å². The summed E-state index contributed by atoms with van der Waals surface area (Å²) in [6.07, 6.45) is 1.58. The predicted octanol–water partition coefficient (Wildman–Crippen LogP) is 3.90. The molecule has 0 radical (unpaired) electrons. The van der Waals surface area contributed by atoms with Gasteiger partial charge in [-0.2, -0.15) is 0 Å². The SMILES string of the molecule is Cc1ccc(Nc2cc(NCC(C)C)ncn2)c(C)c1. The summed E-state index contributed by atoms with van der Waals surface area (Å²) in [5.41, 5.74) is 3.54. The second-order valence-corrected chi connectivity index (χ2v) is 5.51. The number of anilines is 3. The van der Waals surface area contributed by atoms with E-state index in [0.29, 0.717) is 5.92 Å². The molecule has 0 fully saturated rings. The van der Waals surface area contributed by atoms with Gasteiger partial charge in [-0.15, -0.1) is 0 Å². The lowest BCUT2D eigenvalue weighted by Crippen LogP contribution is -2.09. The minimum atomic E-state index is 0.584. The quantitative estimate of drug-likeness (QED) is 0.865. The van der Waals surface area contributed by atoms with Gasteiger partial charge in [0.25, 0.3) is 0 Å². The Hall–Kier alpha value is -2.10. The molecule has 20 heavy (non-hydrogen) atoms. The molecule has 0 unspecified atom stereocenters. The normalized spacial score (nSPS) is 10.7. The first-order chi connectivity index (χ1) is 9.54. The van der Waals surface area contributed by atoms with E-state index in [1.54, 1.807) is 6.33 Å². The number of hydrogen-bond donors (Lipinski definition) is 2. The molecule has 0 saturated carbocycles. The molecule has 1 aromatic heterocycles. The second kappa shape index (κ2) is 6.37. The van der Waals surface area contributed by atoms with Crippen LogP contribution in [0.5, 0.6) is 0 Å². The van der Waals surface area contributed by atoms with Gasteiger partial charge in [0.2, 0.25) is 0 Å². The van der Waals surface area contributed by atoms with Gasteiger partial charge in [0.05, 0.1) is 0 Å². The Kier molecular flexibility index (Phi) is 4.56. The number of rotatable bonds is 5. The van der Waals surface area contributed by atoms with Crippen LogP contribution in [-0.4, -0.2) is 16.5 Å². The lowest BCUT2D eigenvalue weighted by atomic mass is 10.1. The van der Waals surface area contributed by atoms with Gasteiger partial charge in [-0.1, -0.05) is 31.5 Å². The third-order valence-electron chi connectivity index (χ3n) is 3.00. The van der Waals surface area contributed by atoms with Crippen molar-refractivity contribution in [2.45, 2.75) is 27.7 Å². The van der Waals surface area contributed by atoms with Crippen molar-refractivity contribution in [1.29, 1.82) is 0 Å². The van der Waals surface area contributed by atoms with Crippen LogP contribution in [0, 0.1) is 19.8 Å². The van der Waals surface area contributed by atoms with Crippen molar-refractivity contribution in [3.05, 3.63) is 41.7 Å². The Morgan fingerprint density at radius 2 is 1.80 bits per heavy atom. The smallest absolute Gasteiger partial charge is 0.135 e. The third kappa shape index (κ3) is 3.95. The van der Waals surface area contributed by atoms with E-state index < -0.39 is 0 Å². The maximum atomic E-state index is 4.26. The standard InChI is InChI=1S/C16H22N4/c1-11(2)9-17-15-8-16(19-10-18-15)20-14-6-5-12(3)7-13(14)4/h5-8,10-11H,9H2,1-4H3,(H2,17,18,19,20). The van der Waals surface area contributed by atoms with Gasteiger partial charge < -0.3 is 10.6 Å². The molecular weight excluding hydrogens is 248 g/mol. The van der Waals surface area contributed by atoms with Crippen LogP contribution in [0.2, 0.25) is 0 Å². The number of aromatic nitrogens is 2. The fourth-order valence-corrected chi connectivity index (χ4v) is 1.92. The summed E-state index contributed by atoms with van der Waals surface area (Å²) in [5, 5.41) is 6.64. The van der Waals surface area contributed by atoms with Gasteiger partial charge in [-0.25, -0.2) is 9.97 Å². The summed E-state index contributed by atoms with van der Waals surface area (Å²) in [6, 6.07) is 8.26. The topological polar surface area (TPSA) is 49.8 Å². The molecule has 106 valence electrons. The van der Waals surface area contributed by atoms with E-state index in [1.807, 2.05) is 6.07 Å². The minimum Gasteiger partial charge on any atom is -0.370 e. The van der Waals surface area contributed by atoms with Crippen LogP contribution >= 0.6 is 0 Å². The fraction of sp³-hybridized carbons (Fsp3) is 0.375. The van der Waals surface area contributed by atoms with Crippen LogP contribution in [-0.2, 0) is 0 Å². The van der Waals surface area contributed by atoms with Gasteiger partial charge in [0.1, 0.15) is 18.0 Å². The average Bonchev–Trinajstić information content (AvgIpc) is 2.40. The maximum Gasteiger partial charge on any atom is 0.135 e. The lowest BCUT2D eigenvalue weighted by Gasteiger charge is -2.11. The van der Waals surface area contributed by atoms with Crippen molar-refractivity contribution in [1.82, 2.24) is 9.97 Å². The molecule has 1 aromatic carbocycles. The third-order valence-corrected chi connectivity index (χ3v) is 3.00. The number of nitrogens with one attached hydrogen (secondary N) is 2. The molecule has 1 heterocycles. The van der Waals surface area contributed by atoms with E-state index in [2.05, 4.69) is 66.5 Å². The van der Waals surface area contributed by atoms with E-state index in [-0.39, 0.29) is 0 Å². The Bertz CT molecular complexity index is 578. The zero-order chi connectivity index (χ0) is 14.5. The number of nitrogens with zero attached hydrogens (tertiary/aromatic N) is 2. The van der Waals surface area contributed by atoms with Crippen LogP contribution in [0.4, 0.5) is 17.3 Å². The Morgan fingerprint density at radius 1 is 1.05 bits per heavy atom. The molecule has 0 amide bonds. The van der Waals surface area contributed by atoms with Gasteiger partial charge in [0.15, 0.2) is 0 Å². The van der Waals surface area contributed by atoms with Crippen molar-refractivity contribution in [2.75, 3.05) is 17.2 Å². The summed E-state index contributed by atoms with van der Waals surface area (Å²) in [6.45, 7) is 9.43. The van der Waals surface area contributed by atoms with Crippen molar-refractivity contribution < 1.29 is 0 Å². The van der Waals surface area contributed by atoms with Crippen LogP contribution in [0.25, 0.3) is 0 Å². The highest BCUT2D eigenvalue weighted by Crippen LogP contribution is 2.21. The Balaban J connectivity index is 2.11. The summed E-state index contributed by atoms with van der Waals surface area (Å²) in [7, 11) is 0. The fourth-order valence-electron chi connectivity index (χ4n) is 1.92. The molecule has 4 heteroatoms. The molecule has 0 aliphatic carbocycles. The molecule has 0 aliphatic heterocycles. The number of benzene rings is 1. The van der Waals surface area contributed by atoms with E-state index >= 15 is 0 Å². The van der Waals surface area contributed by atoms with Crippen LogP contribution < -0.4 is 10.6 Å². The lowest BCUT2D eigenvalue weighted by molar-refractivity contribution is 0.687. The van der Waals surface area contributed by atoms with Crippen molar-refractivity contribution in [2.24, 2.45) is 5.92 Å². The van der Waals surface area contributed by atoms with Crippen LogP contribution in [0.1, 0.15) is 25.0 Å². The molecule has 2 aromatic rings. The van der Waals surface area contributed by atoms with Gasteiger partial charge in [0, 0.05) is 18.3 Å². The molecular formula is C16H22N4. The van der Waals surface area contributed by atoms with Crippen molar-refractivity contribution >= 4 is 17.3 Å². The van der Waals surface area contributed by atoms with E-state index in [4.69, 9.17) is 0 Å². The Labute approximate surface area is 120 Å². The number of aryl methyl sites for hydroxylation is 2. The second-order valence-electron chi connectivity index (χ2n) is 5.51. The first-order valence-electron chi connectivity index (χ1n) is 6.95. The van der Waals surface area contributed by atoms with Gasteiger partial charge in [-0.3, -0.25) is 0 Å². The monoisotopic (exact) mass is 270 g/mol. The van der Waals surface area contributed by atoms with E-state index in [9.17, 15) is 0 Å². The molecule has 0 aliphatic rings. The molecule has 4 nitrogen and oxygen atoms in total. The molecule has 2 rings (SSSR count). The van der Waals surface area contributed by atoms with Crippen molar-refractivity contribution in [3.8, 4) is 0 Å². The molecule has 0 saturated heterocycles. The summed E-state index contributed by atoms with van der Waals surface area (Å²) >= 11 is 0. The Morgan fingerprint density at radius 3 is 2.50 bits per heavy atom. The zero-order valence-electron chi connectivity index (χ0n) is 12.6. The highest BCUT2D eigenvalue weighted by atomic mass is 15.1. The largest absolute Gasteiger partial charge is 0.370 e. The predicted molar refractivity (Wildman–Crippen MR) is 84.6 cm³/mol. The van der Waals surface area contributed by atoms with E-state index in [0.717, 1.165) is 23.9 Å². The highest BCUT2D eigenvalue weighted by molar-refractivity contribution is 5.62. The molecule has 0 bridgehead atoms. The van der Waals surface area contributed by atoms with Crippen molar-refractivity contribution in [3.63, 3.8) is 0 Å². The maximum absolute atomic E-state index is 4.26. The summed E-state index contributed by atoms with van der Waals surface area (Å²) in [5.74, 6) is 2.24. The van der Waals surface area contributed by atoms with Gasteiger partial charge >= 0.3 is 0 Å². The molecule has 2 N–H and O–H groups in total. The zero-order valence-corrected chi connectivity index (χ0v) is 12.6. The summed E-state index contributed by atoms with van der Waals surface area (Å²) < 4.78 is 0. The molecule has 0 atom stereocenters. The number of hydrogen-bond acceptors (Lipinski definition) is 4. The van der Waals surface area contributed by atoms with Gasteiger partial charge in [-0.05, 0) is 31.4 Å². The first kappa shape index (κ1) is 14.3. The van der Waals surface area contributed by atoms with Crippen LogP contribution in [0.15, 0.2) is 30.6 Å². The highest BCUT2D eigenvalue weighted by Gasteiger charge is 2.03. The van der Waals surface area contributed by atoms with E-state index in [1.165, 1.54) is 11.1 Å². The summed E-state index contributed by atoms with van der Waals surface area (Å²) in [4.78, 5) is 8.49. The average molecular weight is 270 g/mol.